The Kier molecular flexibility index (Phi) is 5.49. The van der Waals surface area contributed by atoms with Gasteiger partial charge in [-0.05, 0) is 85.7 Å². The van der Waals surface area contributed by atoms with Crippen LogP contribution in [0, 0.1) is 6.92 Å². The van der Waals surface area contributed by atoms with Crippen LogP contribution in [0.2, 0.25) is 0 Å². The van der Waals surface area contributed by atoms with E-state index in [2.05, 4.69) is 67.1 Å². The summed E-state index contributed by atoms with van der Waals surface area (Å²) >= 11 is 0. The average Bonchev–Trinajstić information content (AvgIpc) is 3.48. The smallest absolute Gasteiger partial charge is 0.212 e. The Hall–Kier alpha value is -4.11. The molecule has 0 radical (unpaired) electrons. The fraction of sp³-hybridized carbons (Fsp3) is 0.182. The number of phenols is 2. The Bertz CT molecular complexity index is 1430. The van der Waals surface area contributed by atoms with Gasteiger partial charge in [-0.25, -0.2) is 0 Å². The van der Waals surface area contributed by atoms with E-state index < -0.39 is 0 Å². The molecule has 3 nitrogen and oxygen atoms in total. The third-order valence-electron chi connectivity index (χ3n) is 7.55. The zero-order valence-corrected chi connectivity index (χ0v) is 20.8. The molecule has 2 aliphatic carbocycles. The van der Waals surface area contributed by atoms with Crippen molar-refractivity contribution in [3.63, 3.8) is 0 Å². The molecule has 3 aromatic carbocycles. The molecular formula is C33H30NO2+. The topological polar surface area (TPSA) is 44.3 Å². The summed E-state index contributed by atoms with van der Waals surface area (Å²) in [6.07, 6.45) is 8.61. The molecule has 36 heavy (non-hydrogen) atoms. The molecule has 0 atom stereocenters. The van der Waals surface area contributed by atoms with Gasteiger partial charge in [0.05, 0.1) is 0 Å². The van der Waals surface area contributed by atoms with Crippen molar-refractivity contribution in [2.24, 2.45) is 7.05 Å². The third-order valence-corrected chi connectivity index (χ3v) is 7.55. The molecule has 0 fully saturated rings. The summed E-state index contributed by atoms with van der Waals surface area (Å²) in [6, 6.07) is 23.9. The van der Waals surface area contributed by atoms with Crippen molar-refractivity contribution in [2.75, 3.05) is 0 Å². The highest BCUT2D eigenvalue weighted by atomic mass is 16.3. The lowest BCUT2D eigenvalue weighted by atomic mass is 9.92. The van der Waals surface area contributed by atoms with Crippen LogP contribution < -0.4 is 4.57 Å². The molecule has 3 heteroatoms. The summed E-state index contributed by atoms with van der Waals surface area (Å²) in [4.78, 5) is 0. The first-order valence-electron chi connectivity index (χ1n) is 12.6. The fourth-order valence-electron chi connectivity index (χ4n) is 5.89. The number of aryl methyl sites for hydroxylation is 1. The van der Waals surface area contributed by atoms with Gasteiger partial charge in [-0.2, -0.15) is 4.57 Å². The van der Waals surface area contributed by atoms with Crippen molar-refractivity contribution in [1.82, 2.24) is 0 Å². The summed E-state index contributed by atoms with van der Waals surface area (Å²) in [7, 11) is 2.21. The van der Waals surface area contributed by atoms with Crippen LogP contribution in [0.3, 0.4) is 0 Å². The highest BCUT2D eigenvalue weighted by molar-refractivity contribution is 5.91. The van der Waals surface area contributed by atoms with Crippen LogP contribution in [-0.4, -0.2) is 10.2 Å². The normalized spacial score (nSPS) is 16.5. The molecule has 2 N–H and O–H groups in total. The minimum atomic E-state index is 0.285. The minimum Gasteiger partial charge on any atom is -0.508 e. The highest BCUT2D eigenvalue weighted by Gasteiger charge is 2.38. The van der Waals surface area contributed by atoms with Crippen molar-refractivity contribution in [1.29, 1.82) is 0 Å². The maximum absolute atomic E-state index is 9.95. The number of aromatic hydroxyl groups is 2. The standard InChI is InChI=1S/C33H29NO2/c1-21-3-5-22(6-4-21)19-25-11-17-29-31(24-9-15-28(36)16-10-24)30-18-12-26(33(30)34(2)32(25)29)20-23-7-13-27(35)14-8-23/h3-10,13-16,19-20H,11-12,17-18H2,1-2H3,(H,35,36)/p+1/b25-19+. The van der Waals surface area contributed by atoms with Crippen molar-refractivity contribution in [3.05, 3.63) is 112 Å². The Morgan fingerprint density at radius 3 is 1.56 bits per heavy atom. The SMILES string of the molecule is Cc1ccc(/C=C2\CCc3c(-c4ccc(O)cc4)c4c([n+](C)c32)/C(=C/c2ccc(O)cc2)CC4)cc1. The summed E-state index contributed by atoms with van der Waals surface area (Å²) in [5.41, 5.74) is 14.2. The number of pyridine rings is 1. The molecule has 0 aliphatic heterocycles. The molecule has 1 aromatic heterocycles. The van der Waals surface area contributed by atoms with E-state index in [9.17, 15) is 10.2 Å². The Morgan fingerprint density at radius 2 is 1.06 bits per heavy atom. The van der Waals surface area contributed by atoms with Crippen LogP contribution in [0.15, 0.2) is 72.8 Å². The summed E-state index contributed by atoms with van der Waals surface area (Å²) in [5, 5.41) is 19.7. The van der Waals surface area contributed by atoms with Crippen LogP contribution in [-0.2, 0) is 19.9 Å². The number of hydrogen-bond acceptors (Lipinski definition) is 2. The van der Waals surface area contributed by atoms with Gasteiger partial charge in [0, 0.05) is 27.8 Å². The van der Waals surface area contributed by atoms with Crippen molar-refractivity contribution < 1.29 is 14.8 Å². The van der Waals surface area contributed by atoms with E-state index in [1.807, 2.05) is 12.1 Å². The highest BCUT2D eigenvalue weighted by Crippen LogP contribution is 2.45. The van der Waals surface area contributed by atoms with E-state index in [4.69, 9.17) is 0 Å². The summed E-state index contributed by atoms with van der Waals surface area (Å²) in [5.74, 6) is 0.578. The lowest BCUT2D eigenvalue weighted by Gasteiger charge is -2.14. The monoisotopic (exact) mass is 472 g/mol. The van der Waals surface area contributed by atoms with Gasteiger partial charge in [0.2, 0.25) is 11.4 Å². The molecule has 0 amide bonds. The summed E-state index contributed by atoms with van der Waals surface area (Å²) in [6.45, 7) is 2.12. The fourth-order valence-corrected chi connectivity index (χ4v) is 5.89. The maximum Gasteiger partial charge on any atom is 0.212 e. The Morgan fingerprint density at radius 1 is 0.611 bits per heavy atom. The number of aromatic nitrogens is 1. The largest absolute Gasteiger partial charge is 0.508 e. The van der Waals surface area contributed by atoms with Crippen LogP contribution in [0.5, 0.6) is 11.5 Å². The lowest BCUT2D eigenvalue weighted by molar-refractivity contribution is -0.676. The number of phenolic OH excluding ortho intramolecular Hbond substituents is 2. The molecular weight excluding hydrogens is 442 g/mol. The van der Waals surface area contributed by atoms with Crippen LogP contribution in [0.1, 0.15) is 52.0 Å². The molecule has 0 saturated heterocycles. The maximum atomic E-state index is 9.95. The van der Waals surface area contributed by atoms with Gasteiger partial charge in [-0.3, -0.25) is 0 Å². The Labute approximate surface area is 212 Å². The van der Waals surface area contributed by atoms with E-state index in [1.165, 1.54) is 55.9 Å². The van der Waals surface area contributed by atoms with E-state index >= 15 is 0 Å². The second-order valence-electron chi connectivity index (χ2n) is 9.98. The lowest BCUT2D eigenvalue weighted by Crippen LogP contribution is -2.38. The van der Waals surface area contributed by atoms with E-state index in [0.29, 0.717) is 5.75 Å². The zero-order chi connectivity index (χ0) is 24.8. The molecule has 0 spiro atoms. The first kappa shape index (κ1) is 22.4. The van der Waals surface area contributed by atoms with E-state index in [-0.39, 0.29) is 5.75 Å². The molecule has 0 unspecified atom stereocenters. The summed E-state index contributed by atoms with van der Waals surface area (Å²) < 4.78 is 2.42. The van der Waals surface area contributed by atoms with Gasteiger partial charge in [0.1, 0.15) is 18.5 Å². The number of benzene rings is 3. The molecule has 4 aromatic rings. The van der Waals surface area contributed by atoms with Crippen molar-refractivity contribution >= 4 is 23.3 Å². The van der Waals surface area contributed by atoms with Crippen molar-refractivity contribution in [2.45, 2.75) is 32.6 Å². The number of fused-ring (bicyclic) bond motifs is 2. The van der Waals surface area contributed by atoms with Crippen LogP contribution in [0.25, 0.3) is 34.4 Å². The van der Waals surface area contributed by atoms with Crippen LogP contribution >= 0.6 is 0 Å². The first-order valence-corrected chi connectivity index (χ1v) is 12.6. The molecule has 0 bridgehead atoms. The van der Waals surface area contributed by atoms with Crippen LogP contribution in [0.4, 0.5) is 0 Å². The van der Waals surface area contributed by atoms with Crippen molar-refractivity contribution in [3.8, 4) is 22.6 Å². The van der Waals surface area contributed by atoms with E-state index in [0.717, 1.165) is 31.2 Å². The quantitative estimate of drug-likeness (QED) is 0.320. The van der Waals surface area contributed by atoms with Gasteiger partial charge in [0.15, 0.2) is 0 Å². The predicted octanol–water partition coefficient (Wildman–Crippen LogP) is 6.87. The predicted molar refractivity (Wildman–Crippen MR) is 146 cm³/mol. The number of nitrogens with zero attached hydrogens (tertiary/aromatic N) is 1. The molecule has 1 heterocycles. The first-order chi connectivity index (χ1) is 17.5. The molecule has 178 valence electrons. The number of hydrogen-bond donors (Lipinski definition) is 2. The van der Waals surface area contributed by atoms with Gasteiger partial charge in [-0.15, -0.1) is 0 Å². The van der Waals surface area contributed by atoms with Gasteiger partial charge < -0.3 is 10.2 Å². The minimum absolute atomic E-state index is 0.285. The Balaban J connectivity index is 1.58. The third kappa shape index (κ3) is 3.91. The molecule has 0 saturated carbocycles. The second kappa shape index (κ2) is 8.83. The zero-order valence-electron chi connectivity index (χ0n) is 20.8. The number of allylic oxidation sites excluding steroid dienone is 2. The molecule has 2 aliphatic rings. The molecule has 6 rings (SSSR count). The van der Waals surface area contributed by atoms with E-state index in [1.54, 1.807) is 24.3 Å². The van der Waals surface area contributed by atoms with Gasteiger partial charge in [0.25, 0.3) is 0 Å². The number of rotatable bonds is 3. The van der Waals surface area contributed by atoms with Gasteiger partial charge >= 0.3 is 0 Å². The van der Waals surface area contributed by atoms with Gasteiger partial charge in [-0.1, -0.05) is 54.1 Å². The second-order valence-corrected chi connectivity index (χ2v) is 9.98. The average molecular weight is 473 g/mol.